The summed E-state index contributed by atoms with van der Waals surface area (Å²) in [5.41, 5.74) is 0.307. The zero-order chi connectivity index (χ0) is 16.4. The van der Waals surface area contributed by atoms with Crippen LogP contribution in [0.1, 0.15) is 38.2 Å². The van der Waals surface area contributed by atoms with E-state index in [0.29, 0.717) is 5.56 Å². The molecule has 0 saturated heterocycles. The molecule has 1 saturated carbocycles. The van der Waals surface area contributed by atoms with Gasteiger partial charge in [0.25, 0.3) is 0 Å². The predicted octanol–water partition coefficient (Wildman–Crippen LogP) is 2.13. The van der Waals surface area contributed by atoms with E-state index in [1.807, 2.05) is 6.92 Å². The Morgan fingerprint density at radius 2 is 1.82 bits per heavy atom. The van der Waals surface area contributed by atoms with E-state index in [4.69, 9.17) is 0 Å². The number of hydrogen-bond acceptors (Lipinski definition) is 3. The highest BCUT2D eigenvalue weighted by Crippen LogP contribution is 2.37. The molecule has 1 amide bonds. The lowest BCUT2D eigenvalue weighted by Crippen LogP contribution is -2.37. The van der Waals surface area contributed by atoms with E-state index < -0.39 is 10.0 Å². The first-order chi connectivity index (χ1) is 10.3. The summed E-state index contributed by atoms with van der Waals surface area (Å²) in [5, 5.41) is 2.91. The molecule has 1 aliphatic rings. The van der Waals surface area contributed by atoms with Gasteiger partial charge < -0.3 is 5.32 Å². The van der Waals surface area contributed by atoms with Crippen LogP contribution >= 0.6 is 0 Å². The van der Waals surface area contributed by atoms with Crippen LogP contribution in [0, 0.1) is 5.41 Å². The number of hydrogen-bond donors (Lipinski definition) is 1. The average molecular weight is 324 g/mol. The van der Waals surface area contributed by atoms with Gasteiger partial charge in [0, 0.05) is 26.1 Å². The normalized spacial score (nSPS) is 17.6. The van der Waals surface area contributed by atoms with E-state index in [1.54, 1.807) is 24.3 Å². The Balaban J connectivity index is 2.16. The average Bonchev–Trinajstić information content (AvgIpc) is 2.93. The zero-order valence-corrected chi connectivity index (χ0v) is 14.2. The van der Waals surface area contributed by atoms with Crippen molar-refractivity contribution in [1.29, 1.82) is 0 Å². The van der Waals surface area contributed by atoms with Crippen LogP contribution < -0.4 is 5.32 Å². The molecule has 22 heavy (non-hydrogen) atoms. The molecule has 1 fully saturated rings. The first-order valence-corrected chi connectivity index (χ1v) is 9.00. The Morgan fingerprint density at radius 3 is 2.41 bits per heavy atom. The molecule has 1 aromatic carbocycles. The summed E-state index contributed by atoms with van der Waals surface area (Å²) in [4.78, 5) is 12.6. The molecule has 2 rings (SSSR count). The molecule has 0 aromatic heterocycles. The van der Waals surface area contributed by atoms with Gasteiger partial charge in [0.1, 0.15) is 0 Å². The third-order valence-electron chi connectivity index (χ3n) is 4.43. The highest BCUT2D eigenvalue weighted by Gasteiger charge is 2.36. The van der Waals surface area contributed by atoms with E-state index in [2.05, 4.69) is 5.32 Å². The molecule has 0 spiro atoms. The van der Waals surface area contributed by atoms with Gasteiger partial charge >= 0.3 is 0 Å². The van der Waals surface area contributed by atoms with Crippen LogP contribution in [-0.4, -0.2) is 32.7 Å². The van der Waals surface area contributed by atoms with Crippen LogP contribution in [0.4, 0.5) is 0 Å². The molecule has 1 N–H and O–H groups in total. The molecule has 0 atom stereocenters. The summed E-state index contributed by atoms with van der Waals surface area (Å²) >= 11 is 0. The van der Waals surface area contributed by atoms with Gasteiger partial charge in [-0.1, -0.05) is 38.0 Å². The molecule has 0 radical (unpaired) electrons. The Kier molecular flexibility index (Phi) is 4.92. The fourth-order valence-corrected chi connectivity index (χ4v) is 3.98. The molecule has 0 bridgehead atoms. The number of carbonyl (C=O) groups is 1. The summed E-state index contributed by atoms with van der Waals surface area (Å²) in [6.07, 6.45) is 3.96. The standard InChI is InChI=1S/C16H24N2O3S/c1-16(10-6-7-11-16)15(19)17-12-13-8-4-5-9-14(13)22(20,21)18(2)3/h4-5,8-9H,6-7,10-12H2,1-3H3,(H,17,19). The molecule has 6 heteroatoms. The van der Waals surface area contributed by atoms with E-state index in [0.717, 1.165) is 25.7 Å². The number of carbonyl (C=O) groups excluding carboxylic acids is 1. The van der Waals surface area contributed by atoms with Crippen molar-refractivity contribution in [3.63, 3.8) is 0 Å². The van der Waals surface area contributed by atoms with Crippen molar-refractivity contribution < 1.29 is 13.2 Å². The van der Waals surface area contributed by atoms with Crippen LogP contribution in [0.5, 0.6) is 0 Å². The van der Waals surface area contributed by atoms with Crippen molar-refractivity contribution >= 4 is 15.9 Å². The van der Waals surface area contributed by atoms with Crippen molar-refractivity contribution in [3.05, 3.63) is 29.8 Å². The maximum atomic E-state index is 12.4. The van der Waals surface area contributed by atoms with Gasteiger partial charge in [0.2, 0.25) is 15.9 Å². The molecular weight excluding hydrogens is 300 g/mol. The minimum absolute atomic E-state index is 0.0158. The highest BCUT2D eigenvalue weighted by atomic mass is 32.2. The van der Waals surface area contributed by atoms with E-state index in [-0.39, 0.29) is 22.8 Å². The van der Waals surface area contributed by atoms with Gasteiger partial charge in [-0.05, 0) is 24.5 Å². The molecule has 1 aromatic rings. The number of nitrogens with one attached hydrogen (secondary N) is 1. The number of rotatable bonds is 5. The van der Waals surface area contributed by atoms with E-state index in [9.17, 15) is 13.2 Å². The molecule has 0 heterocycles. The van der Waals surface area contributed by atoms with Crippen molar-refractivity contribution in [2.24, 2.45) is 5.41 Å². The maximum Gasteiger partial charge on any atom is 0.242 e. The second-order valence-electron chi connectivity index (χ2n) is 6.35. The van der Waals surface area contributed by atoms with Gasteiger partial charge in [-0.2, -0.15) is 0 Å². The first kappa shape index (κ1) is 17.0. The number of nitrogens with zero attached hydrogens (tertiary/aromatic N) is 1. The molecule has 5 nitrogen and oxygen atoms in total. The second-order valence-corrected chi connectivity index (χ2v) is 8.47. The van der Waals surface area contributed by atoms with E-state index >= 15 is 0 Å². The highest BCUT2D eigenvalue weighted by molar-refractivity contribution is 7.89. The predicted molar refractivity (Wildman–Crippen MR) is 85.7 cm³/mol. The summed E-state index contributed by atoms with van der Waals surface area (Å²) in [6, 6.07) is 6.80. The lowest BCUT2D eigenvalue weighted by atomic mass is 9.88. The first-order valence-electron chi connectivity index (χ1n) is 7.56. The number of amides is 1. The third-order valence-corrected chi connectivity index (χ3v) is 6.34. The zero-order valence-electron chi connectivity index (χ0n) is 13.4. The van der Waals surface area contributed by atoms with Gasteiger partial charge in [-0.3, -0.25) is 4.79 Å². The molecule has 122 valence electrons. The fourth-order valence-electron chi connectivity index (χ4n) is 2.87. The Hall–Kier alpha value is -1.40. The smallest absolute Gasteiger partial charge is 0.242 e. The minimum atomic E-state index is -3.51. The van der Waals surface area contributed by atoms with E-state index in [1.165, 1.54) is 18.4 Å². The number of benzene rings is 1. The SMILES string of the molecule is CN(C)S(=O)(=O)c1ccccc1CNC(=O)C1(C)CCCC1. The van der Waals surface area contributed by atoms with Crippen LogP contribution in [0.2, 0.25) is 0 Å². The molecule has 0 aliphatic heterocycles. The van der Waals surface area contributed by atoms with Gasteiger partial charge in [0.15, 0.2) is 0 Å². The Labute approximate surface area is 132 Å². The van der Waals surface area contributed by atoms with Gasteiger partial charge in [-0.15, -0.1) is 0 Å². The van der Waals surface area contributed by atoms with Gasteiger partial charge in [0.05, 0.1) is 4.90 Å². The van der Waals surface area contributed by atoms with Crippen LogP contribution in [0.25, 0.3) is 0 Å². The second kappa shape index (κ2) is 6.38. The quantitative estimate of drug-likeness (QED) is 0.902. The molecular formula is C16H24N2O3S. The Morgan fingerprint density at radius 1 is 1.23 bits per heavy atom. The summed E-state index contributed by atoms with van der Waals surface area (Å²) in [7, 11) is -0.499. The number of sulfonamides is 1. The Bertz CT molecular complexity index is 647. The monoisotopic (exact) mass is 324 g/mol. The molecule has 0 unspecified atom stereocenters. The van der Waals surface area contributed by atoms with Crippen LogP contribution in [0.3, 0.4) is 0 Å². The minimum Gasteiger partial charge on any atom is -0.352 e. The molecule has 1 aliphatic carbocycles. The summed E-state index contributed by atoms with van der Waals surface area (Å²) in [6.45, 7) is 2.22. The lowest BCUT2D eigenvalue weighted by Gasteiger charge is -2.23. The topological polar surface area (TPSA) is 66.5 Å². The summed E-state index contributed by atoms with van der Waals surface area (Å²) in [5.74, 6) is 0.0158. The van der Waals surface area contributed by atoms with Crippen molar-refractivity contribution in [3.8, 4) is 0 Å². The summed E-state index contributed by atoms with van der Waals surface area (Å²) < 4.78 is 25.8. The largest absolute Gasteiger partial charge is 0.352 e. The van der Waals surface area contributed by atoms with Crippen molar-refractivity contribution in [1.82, 2.24) is 9.62 Å². The van der Waals surface area contributed by atoms with Crippen molar-refractivity contribution in [2.75, 3.05) is 14.1 Å². The van der Waals surface area contributed by atoms with Crippen LogP contribution in [-0.2, 0) is 21.4 Å². The maximum absolute atomic E-state index is 12.4. The van der Waals surface area contributed by atoms with Crippen molar-refractivity contribution in [2.45, 2.75) is 44.0 Å². The van der Waals surface area contributed by atoms with Crippen LogP contribution in [0.15, 0.2) is 29.2 Å². The van der Waals surface area contributed by atoms with Gasteiger partial charge in [-0.25, -0.2) is 12.7 Å². The third kappa shape index (κ3) is 3.33. The fraction of sp³-hybridized carbons (Fsp3) is 0.562. The lowest BCUT2D eigenvalue weighted by molar-refractivity contribution is -0.130.